The minimum absolute atomic E-state index is 0.0416. The summed E-state index contributed by atoms with van der Waals surface area (Å²) in [7, 11) is 0. The highest BCUT2D eigenvalue weighted by atomic mass is 35.5. The van der Waals surface area contributed by atoms with Crippen molar-refractivity contribution in [1.29, 1.82) is 0 Å². The lowest BCUT2D eigenvalue weighted by molar-refractivity contribution is 0.423. The number of thiophene rings is 1. The SMILES string of the molecule is CCC(N)C(c1ccsc1)n1cc(Cl)c(C)n1. The van der Waals surface area contributed by atoms with Gasteiger partial charge < -0.3 is 5.73 Å². The molecule has 2 atom stereocenters. The molecule has 0 aliphatic carbocycles. The van der Waals surface area contributed by atoms with Crippen molar-refractivity contribution in [3.05, 3.63) is 39.3 Å². The van der Waals surface area contributed by atoms with Gasteiger partial charge in [0.1, 0.15) is 0 Å². The predicted octanol–water partition coefficient (Wildman–Crippen LogP) is 3.23. The van der Waals surface area contributed by atoms with Crippen LogP contribution in [0.2, 0.25) is 5.02 Å². The highest BCUT2D eigenvalue weighted by Crippen LogP contribution is 2.26. The second-order valence-corrected chi connectivity index (χ2v) is 5.30. The minimum atomic E-state index is 0.0416. The smallest absolute Gasteiger partial charge is 0.0927 e. The Kier molecular flexibility index (Phi) is 3.86. The molecule has 0 saturated heterocycles. The Balaban J connectivity index is 2.40. The molecule has 0 bridgehead atoms. The highest BCUT2D eigenvalue weighted by Gasteiger charge is 2.22. The first-order chi connectivity index (χ1) is 8.13. The first-order valence-corrected chi connectivity index (χ1v) is 6.94. The van der Waals surface area contributed by atoms with Gasteiger partial charge in [-0.25, -0.2) is 0 Å². The zero-order chi connectivity index (χ0) is 12.4. The van der Waals surface area contributed by atoms with Crippen LogP contribution < -0.4 is 5.73 Å². The fraction of sp³-hybridized carbons (Fsp3) is 0.417. The number of halogens is 1. The summed E-state index contributed by atoms with van der Waals surface area (Å²) in [5.74, 6) is 0. The molecular weight excluding hydrogens is 254 g/mol. The number of aryl methyl sites for hydroxylation is 1. The van der Waals surface area contributed by atoms with E-state index >= 15 is 0 Å². The summed E-state index contributed by atoms with van der Waals surface area (Å²) in [6, 6.07) is 2.20. The van der Waals surface area contributed by atoms with Crippen LogP contribution >= 0.6 is 22.9 Å². The van der Waals surface area contributed by atoms with Gasteiger partial charge in [-0.3, -0.25) is 4.68 Å². The van der Waals surface area contributed by atoms with Crippen molar-refractivity contribution in [3.8, 4) is 0 Å². The highest BCUT2D eigenvalue weighted by molar-refractivity contribution is 7.07. The van der Waals surface area contributed by atoms with Crippen LogP contribution in [0.3, 0.4) is 0 Å². The van der Waals surface area contributed by atoms with Crippen molar-refractivity contribution in [1.82, 2.24) is 9.78 Å². The van der Waals surface area contributed by atoms with Crippen LogP contribution in [0.25, 0.3) is 0 Å². The summed E-state index contributed by atoms with van der Waals surface area (Å²) in [6.45, 7) is 3.99. The fourth-order valence-corrected chi connectivity index (χ4v) is 2.69. The second kappa shape index (κ2) is 5.21. The molecule has 17 heavy (non-hydrogen) atoms. The summed E-state index contributed by atoms with van der Waals surface area (Å²) in [5, 5.41) is 9.31. The van der Waals surface area contributed by atoms with Crippen molar-refractivity contribution in [2.45, 2.75) is 32.4 Å². The van der Waals surface area contributed by atoms with Gasteiger partial charge in [-0.2, -0.15) is 16.4 Å². The maximum absolute atomic E-state index is 6.20. The first kappa shape index (κ1) is 12.6. The summed E-state index contributed by atoms with van der Waals surface area (Å²) in [5.41, 5.74) is 8.24. The lowest BCUT2D eigenvalue weighted by Crippen LogP contribution is -2.32. The van der Waals surface area contributed by atoms with E-state index in [1.54, 1.807) is 11.3 Å². The molecule has 2 unspecified atom stereocenters. The van der Waals surface area contributed by atoms with E-state index in [2.05, 4.69) is 28.8 Å². The molecule has 0 fully saturated rings. The Bertz CT molecular complexity index is 458. The number of hydrogen-bond acceptors (Lipinski definition) is 3. The number of rotatable bonds is 4. The van der Waals surface area contributed by atoms with Gasteiger partial charge in [-0.05, 0) is 35.7 Å². The third kappa shape index (κ3) is 2.54. The molecular formula is C12H16ClN3S. The first-order valence-electron chi connectivity index (χ1n) is 5.62. The zero-order valence-electron chi connectivity index (χ0n) is 9.93. The van der Waals surface area contributed by atoms with Crippen molar-refractivity contribution < 1.29 is 0 Å². The summed E-state index contributed by atoms with van der Waals surface area (Å²) >= 11 is 7.73. The lowest BCUT2D eigenvalue weighted by atomic mass is 10.0. The van der Waals surface area contributed by atoms with Gasteiger partial charge in [0.2, 0.25) is 0 Å². The molecule has 92 valence electrons. The second-order valence-electron chi connectivity index (χ2n) is 4.12. The Hall–Kier alpha value is -0.840. The maximum atomic E-state index is 6.20. The van der Waals surface area contributed by atoms with Gasteiger partial charge in [0.25, 0.3) is 0 Å². The summed E-state index contributed by atoms with van der Waals surface area (Å²) in [6.07, 6.45) is 2.76. The normalized spacial score (nSPS) is 14.8. The average molecular weight is 270 g/mol. The maximum Gasteiger partial charge on any atom is 0.0927 e. The minimum Gasteiger partial charge on any atom is -0.326 e. The average Bonchev–Trinajstić information content (AvgIpc) is 2.91. The molecule has 2 aromatic heterocycles. The van der Waals surface area contributed by atoms with E-state index in [0.29, 0.717) is 5.02 Å². The topological polar surface area (TPSA) is 43.8 Å². The van der Waals surface area contributed by atoms with Crippen LogP contribution in [-0.4, -0.2) is 15.8 Å². The van der Waals surface area contributed by atoms with E-state index in [-0.39, 0.29) is 12.1 Å². The van der Waals surface area contributed by atoms with Crippen molar-refractivity contribution in [3.63, 3.8) is 0 Å². The lowest BCUT2D eigenvalue weighted by Gasteiger charge is -2.22. The van der Waals surface area contributed by atoms with Crippen LogP contribution in [0.5, 0.6) is 0 Å². The van der Waals surface area contributed by atoms with Crippen molar-refractivity contribution in [2.75, 3.05) is 0 Å². The Labute approximate surface area is 110 Å². The molecule has 2 N–H and O–H groups in total. The van der Waals surface area contributed by atoms with E-state index in [1.165, 1.54) is 5.56 Å². The molecule has 0 amide bonds. The number of hydrogen-bond donors (Lipinski definition) is 1. The molecule has 0 aliphatic heterocycles. The van der Waals surface area contributed by atoms with Crippen molar-refractivity contribution in [2.24, 2.45) is 5.73 Å². The van der Waals surface area contributed by atoms with Crippen LogP contribution in [0, 0.1) is 6.92 Å². The van der Waals surface area contributed by atoms with Crippen LogP contribution in [-0.2, 0) is 0 Å². The van der Waals surface area contributed by atoms with Gasteiger partial charge in [-0.15, -0.1) is 0 Å². The molecule has 2 aromatic rings. The van der Waals surface area contributed by atoms with E-state index < -0.39 is 0 Å². The Morgan fingerprint density at radius 1 is 1.59 bits per heavy atom. The zero-order valence-corrected chi connectivity index (χ0v) is 11.5. The van der Waals surface area contributed by atoms with Crippen LogP contribution in [0.1, 0.15) is 30.6 Å². The number of nitrogens with zero attached hydrogens (tertiary/aromatic N) is 2. The van der Waals surface area contributed by atoms with Gasteiger partial charge in [0, 0.05) is 12.2 Å². The molecule has 5 heteroatoms. The van der Waals surface area contributed by atoms with E-state index in [1.807, 2.05) is 17.8 Å². The Morgan fingerprint density at radius 2 is 2.35 bits per heavy atom. The van der Waals surface area contributed by atoms with Gasteiger partial charge in [0.05, 0.1) is 16.8 Å². The molecule has 0 saturated carbocycles. The monoisotopic (exact) mass is 269 g/mol. The predicted molar refractivity (Wildman–Crippen MR) is 72.7 cm³/mol. The third-order valence-corrected chi connectivity index (χ3v) is 3.98. The van der Waals surface area contributed by atoms with E-state index in [4.69, 9.17) is 17.3 Å². The number of aromatic nitrogens is 2. The quantitative estimate of drug-likeness (QED) is 0.926. The standard InChI is InChI=1S/C12H16ClN3S/c1-3-11(14)12(9-4-5-17-7-9)16-6-10(13)8(2)15-16/h4-7,11-12H,3,14H2,1-2H3. The van der Waals surface area contributed by atoms with Gasteiger partial charge in [0.15, 0.2) is 0 Å². The summed E-state index contributed by atoms with van der Waals surface area (Å²) < 4.78 is 1.88. The molecule has 0 radical (unpaired) electrons. The van der Waals surface area contributed by atoms with Gasteiger partial charge in [-0.1, -0.05) is 18.5 Å². The molecule has 0 spiro atoms. The fourth-order valence-electron chi connectivity index (χ4n) is 1.86. The molecule has 3 nitrogen and oxygen atoms in total. The molecule has 2 rings (SSSR count). The number of nitrogens with two attached hydrogens (primary N) is 1. The van der Waals surface area contributed by atoms with Crippen LogP contribution in [0.15, 0.2) is 23.0 Å². The van der Waals surface area contributed by atoms with Crippen LogP contribution in [0.4, 0.5) is 0 Å². The van der Waals surface area contributed by atoms with E-state index in [9.17, 15) is 0 Å². The molecule has 0 aromatic carbocycles. The van der Waals surface area contributed by atoms with Gasteiger partial charge >= 0.3 is 0 Å². The third-order valence-electron chi connectivity index (χ3n) is 2.90. The van der Waals surface area contributed by atoms with E-state index in [0.717, 1.165) is 12.1 Å². The molecule has 2 heterocycles. The van der Waals surface area contributed by atoms with Crippen molar-refractivity contribution >= 4 is 22.9 Å². The largest absolute Gasteiger partial charge is 0.326 e. The molecule has 0 aliphatic rings. The Morgan fingerprint density at radius 3 is 2.82 bits per heavy atom. The summed E-state index contributed by atoms with van der Waals surface area (Å²) in [4.78, 5) is 0.